The van der Waals surface area contributed by atoms with Gasteiger partial charge in [-0.05, 0) is 65.9 Å². The zero-order chi connectivity index (χ0) is 23.1. The first-order chi connectivity index (χ1) is 15.4. The molecule has 0 aromatic carbocycles. The summed E-state index contributed by atoms with van der Waals surface area (Å²) in [6, 6.07) is 4.01. The lowest BCUT2D eigenvalue weighted by atomic mass is 9.86. The second-order valence-electron chi connectivity index (χ2n) is 8.03. The van der Waals surface area contributed by atoms with Crippen molar-refractivity contribution >= 4 is 21.9 Å². The number of nitrogens with zero attached hydrogens (tertiary/aromatic N) is 2. The predicted octanol–water partition coefficient (Wildman–Crippen LogP) is 5.03. The number of rotatable bonds is 9. The maximum atomic E-state index is 11.4. The van der Waals surface area contributed by atoms with Crippen LogP contribution in [-0.2, 0) is 20.7 Å². The summed E-state index contributed by atoms with van der Waals surface area (Å²) < 4.78 is 21.8. The Hall–Kier alpha value is -2.19. The van der Waals surface area contributed by atoms with Crippen molar-refractivity contribution in [2.75, 3.05) is 27.6 Å². The number of halogens is 1. The van der Waals surface area contributed by atoms with Crippen LogP contribution in [0.15, 0.2) is 16.6 Å². The molecule has 0 N–H and O–H groups in total. The monoisotopic (exact) mass is 506 g/mol. The summed E-state index contributed by atoms with van der Waals surface area (Å²) in [6.07, 6.45) is 6.65. The lowest BCUT2D eigenvalue weighted by Crippen LogP contribution is -2.15. The molecule has 0 spiro atoms. The smallest absolute Gasteiger partial charge is 0.343 e. The molecule has 32 heavy (non-hydrogen) atoms. The molecule has 0 saturated heterocycles. The number of carbonyl (C=O) groups is 1. The van der Waals surface area contributed by atoms with E-state index in [1.54, 1.807) is 7.11 Å². The molecule has 2 aromatic rings. The number of hydrogen-bond acceptors (Lipinski definition) is 7. The van der Waals surface area contributed by atoms with Gasteiger partial charge in [-0.3, -0.25) is 4.98 Å². The molecule has 0 unspecified atom stereocenters. The van der Waals surface area contributed by atoms with Crippen LogP contribution in [0.5, 0.6) is 11.6 Å². The molecule has 2 aromatic heterocycles. The van der Waals surface area contributed by atoms with E-state index in [2.05, 4.69) is 25.7 Å². The first kappa shape index (κ1) is 24.5. The zero-order valence-corrected chi connectivity index (χ0v) is 20.8. The molecule has 0 amide bonds. The van der Waals surface area contributed by atoms with Gasteiger partial charge in [0.05, 0.1) is 17.3 Å². The molecular weight excluding hydrogens is 476 g/mol. The largest absolute Gasteiger partial charge is 0.466 e. The molecule has 3 rings (SSSR count). The third-order valence-electron chi connectivity index (χ3n) is 5.86. The average molecular weight is 507 g/mol. The Balaban J connectivity index is 1.87. The van der Waals surface area contributed by atoms with Crippen LogP contribution in [0, 0.1) is 13.8 Å². The van der Waals surface area contributed by atoms with E-state index in [1.165, 1.54) is 26.4 Å². The van der Waals surface area contributed by atoms with E-state index in [1.807, 2.05) is 26.0 Å². The standard InChI is InChI=1S/C24H31BrN2O5/c1-15-19(16(2)26-24(22(15)25)31-13-21(28)30-4)12-18-10-11-20(32-14-29-3)23(27-18)17-8-6-5-7-9-17/h10-11,17H,5-9,12-14H2,1-4H3. The van der Waals surface area contributed by atoms with E-state index in [-0.39, 0.29) is 13.4 Å². The maximum Gasteiger partial charge on any atom is 0.343 e. The van der Waals surface area contributed by atoms with Crippen molar-refractivity contribution < 1.29 is 23.7 Å². The minimum Gasteiger partial charge on any atom is -0.466 e. The second-order valence-corrected chi connectivity index (χ2v) is 8.83. The van der Waals surface area contributed by atoms with Crippen molar-refractivity contribution in [3.63, 3.8) is 0 Å². The molecule has 2 heterocycles. The summed E-state index contributed by atoms with van der Waals surface area (Å²) in [5, 5.41) is 0. The van der Waals surface area contributed by atoms with E-state index < -0.39 is 5.97 Å². The van der Waals surface area contributed by atoms with Crippen molar-refractivity contribution in [3.8, 4) is 11.6 Å². The van der Waals surface area contributed by atoms with Crippen LogP contribution in [-0.4, -0.2) is 43.6 Å². The van der Waals surface area contributed by atoms with Crippen LogP contribution >= 0.6 is 15.9 Å². The van der Waals surface area contributed by atoms with Crippen molar-refractivity contribution in [1.82, 2.24) is 9.97 Å². The van der Waals surface area contributed by atoms with Crippen LogP contribution in [0.1, 0.15) is 66.2 Å². The van der Waals surface area contributed by atoms with Gasteiger partial charge in [-0.2, -0.15) is 0 Å². The molecule has 1 saturated carbocycles. The molecule has 8 heteroatoms. The third kappa shape index (κ3) is 5.98. The number of hydrogen-bond donors (Lipinski definition) is 0. The Kier molecular flexibility index (Phi) is 8.87. The molecular formula is C24H31BrN2O5. The molecule has 1 aliphatic rings. The van der Waals surface area contributed by atoms with Crippen LogP contribution in [0.4, 0.5) is 0 Å². The highest BCUT2D eigenvalue weighted by atomic mass is 79.9. The van der Waals surface area contributed by atoms with E-state index in [0.717, 1.165) is 51.3 Å². The molecule has 1 fully saturated rings. The minimum atomic E-state index is -0.451. The van der Waals surface area contributed by atoms with Gasteiger partial charge in [0.2, 0.25) is 5.88 Å². The van der Waals surface area contributed by atoms with Gasteiger partial charge in [0.25, 0.3) is 0 Å². The summed E-state index contributed by atoms with van der Waals surface area (Å²) in [4.78, 5) is 21.0. The van der Waals surface area contributed by atoms with Crippen molar-refractivity contribution in [3.05, 3.63) is 44.8 Å². The van der Waals surface area contributed by atoms with Crippen LogP contribution in [0.2, 0.25) is 0 Å². The third-order valence-corrected chi connectivity index (χ3v) is 6.79. The van der Waals surface area contributed by atoms with Gasteiger partial charge in [-0.1, -0.05) is 19.3 Å². The summed E-state index contributed by atoms with van der Waals surface area (Å²) in [5.74, 6) is 1.15. The number of pyridine rings is 2. The van der Waals surface area contributed by atoms with Crippen molar-refractivity contribution in [2.45, 2.75) is 58.3 Å². The maximum absolute atomic E-state index is 11.4. The number of carbonyl (C=O) groups excluding carboxylic acids is 1. The highest BCUT2D eigenvalue weighted by Crippen LogP contribution is 2.37. The summed E-state index contributed by atoms with van der Waals surface area (Å²) >= 11 is 3.57. The summed E-state index contributed by atoms with van der Waals surface area (Å²) in [5.41, 5.74) is 4.93. The van der Waals surface area contributed by atoms with E-state index in [4.69, 9.17) is 19.2 Å². The summed E-state index contributed by atoms with van der Waals surface area (Å²) in [7, 11) is 2.95. The average Bonchev–Trinajstić information content (AvgIpc) is 2.82. The number of ether oxygens (including phenoxy) is 4. The first-order valence-electron chi connectivity index (χ1n) is 10.9. The summed E-state index contributed by atoms with van der Waals surface area (Å²) in [6.45, 7) is 3.98. The lowest BCUT2D eigenvalue weighted by molar-refractivity contribution is -0.143. The second kappa shape index (κ2) is 11.6. The van der Waals surface area contributed by atoms with E-state index in [0.29, 0.717) is 18.2 Å². The molecule has 0 aliphatic heterocycles. The Morgan fingerprint density at radius 1 is 1.09 bits per heavy atom. The van der Waals surface area contributed by atoms with E-state index >= 15 is 0 Å². The SMILES string of the molecule is COCOc1ccc(Cc2c(C)nc(OCC(=O)OC)c(Br)c2C)nc1C1CCCCC1. The number of methoxy groups -OCH3 is 2. The molecule has 1 aliphatic carbocycles. The molecule has 0 atom stereocenters. The Labute approximate surface area is 198 Å². The van der Waals surface area contributed by atoms with Crippen LogP contribution < -0.4 is 9.47 Å². The van der Waals surface area contributed by atoms with Gasteiger partial charge in [0, 0.05) is 30.8 Å². The first-order valence-corrected chi connectivity index (χ1v) is 11.7. The normalized spacial score (nSPS) is 14.3. The minimum absolute atomic E-state index is 0.185. The topological polar surface area (TPSA) is 79.8 Å². The number of esters is 1. The van der Waals surface area contributed by atoms with Crippen molar-refractivity contribution in [2.24, 2.45) is 0 Å². The molecule has 7 nitrogen and oxygen atoms in total. The Bertz CT molecular complexity index is 944. The Morgan fingerprint density at radius 2 is 1.84 bits per heavy atom. The lowest BCUT2D eigenvalue weighted by Gasteiger charge is -2.24. The fourth-order valence-corrected chi connectivity index (χ4v) is 4.51. The molecule has 0 radical (unpaired) electrons. The predicted molar refractivity (Wildman–Crippen MR) is 124 cm³/mol. The van der Waals surface area contributed by atoms with Gasteiger partial charge >= 0.3 is 5.97 Å². The van der Waals surface area contributed by atoms with Gasteiger partial charge in [-0.15, -0.1) is 0 Å². The van der Waals surface area contributed by atoms with Gasteiger partial charge in [0.1, 0.15) is 5.75 Å². The number of aryl methyl sites for hydroxylation is 1. The fourth-order valence-electron chi connectivity index (χ4n) is 4.07. The van der Waals surface area contributed by atoms with Crippen molar-refractivity contribution in [1.29, 1.82) is 0 Å². The van der Waals surface area contributed by atoms with E-state index in [9.17, 15) is 4.79 Å². The van der Waals surface area contributed by atoms with Crippen LogP contribution in [0.25, 0.3) is 0 Å². The highest BCUT2D eigenvalue weighted by molar-refractivity contribution is 9.10. The Morgan fingerprint density at radius 3 is 2.53 bits per heavy atom. The zero-order valence-electron chi connectivity index (χ0n) is 19.2. The van der Waals surface area contributed by atoms with Crippen LogP contribution in [0.3, 0.4) is 0 Å². The van der Waals surface area contributed by atoms with Gasteiger partial charge < -0.3 is 18.9 Å². The quantitative estimate of drug-likeness (QED) is 0.348. The fraction of sp³-hybridized carbons (Fsp3) is 0.542. The van der Waals surface area contributed by atoms with Gasteiger partial charge in [-0.25, -0.2) is 9.78 Å². The number of aromatic nitrogens is 2. The molecule has 0 bridgehead atoms. The molecule has 174 valence electrons. The van der Waals surface area contributed by atoms with Gasteiger partial charge in [0.15, 0.2) is 13.4 Å². The highest BCUT2D eigenvalue weighted by Gasteiger charge is 2.22.